The highest BCUT2D eigenvalue weighted by molar-refractivity contribution is 6.48. The maximum atomic E-state index is 6.36. The van der Waals surface area contributed by atoms with Gasteiger partial charge in [0.25, 0.3) is 0 Å². The van der Waals surface area contributed by atoms with E-state index in [0.29, 0.717) is 24.9 Å². The van der Waals surface area contributed by atoms with Crippen molar-refractivity contribution >= 4 is 7.05 Å². The fraction of sp³-hybridized carbons (Fsp3) is 1.00. The monoisotopic (exact) mass is 209 g/mol. The molecule has 0 spiro atoms. The molecule has 0 unspecified atom stereocenters. The molecule has 2 aliphatic rings. The summed E-state index contributed by atoms with van der Waals surface area (Å²) in [6.45, 7) is 12.7. The zero-order valence-corrected chi connectivity index (χ0v) is 10.8. The first-order valence-electron chi connectivity index (χ1n) is 6.43. The molecule has 2 fully saturated rings. The highest BCUT2D eigenvalue weighted by Gasteiger charge is 2.57. The van der Waals surface area contributed by atoms with Gasteiger partial charge in [-0.05, 0) is 38.0 Å². The first kappa shape index (κ1) is 11.5. The van der Waals surface area contributed by atoms with Crippen LogP contribution >= 0.6 is 0 Å². The van der Waals surface area contributed by atoms with Gasteiger partial charge in [-0.2, -0.15) is 0 Å². The van der Waals surface area contributed by atoms with Crippen LogP contribution in [0, 0.1) is 11.8 Å². The van der Waals surface area contributed by atoms with E-state index in [4.69, 9.17) is 4.65 Å². The minimum Gasteiger partial charge on any atom is -0.414 e. The summed E-state index contributed by atoms with van der Waals surface area (Å²) in [4.78, 5) is 2.57. The molecule has 0 aromatic carbocycles. The third-order valence-corrected chi connectivity index (χ3v) is 4.46. The van der Waals surface area contributed by atoms with Crippen molar-refractivity contribution in [2.45, 2.75) is 59.0 Å². The van der Waals surface area contributed by atoms with Crippen LogP contribution in [-0.2, 0) is 4.65 Å². The highest BCUT2D eigenvalue weighted by atomic mass is 16.5. The number of nitrogens with zero attached hydrogens (tertiary/aromatic N) is 1. The summed E-state index contributed by atoms with van der Waals surface area (Å²) in [6.07, 6.45) is 2.67. The second kappa shape index (κ2) is 3.78. The Morgan fingerprint density at radius 2 is 1.87 bits per heavy atom. The van der Waals surface area contributed by atoms with Crippen LogP contribution in [-0.4, -0.2) is 30.0 Å². The van der Waals surface area contributed by atoms with Crippen LogP contribution < -0.4 is 0 Å². The molecule has 86 valence electrons. The van der Waals surface area contributed by atoms with Gasteiger partial charge in [-0.3, -0.25) is 0 Å². The van der Waals surface area contributed by atoms with Crippen molar-refractivity contribution in [1.29, 1.82) is 0 Å². The quantitative estimate of drug-likeness (QED) is 0.648. The molecule has 15 heavy (non-hydrogen) atoms. The summed E-state index contributed by atoms with van der Waals surface area (Å²) < 4.78 is 6.36. The molecule has 0 bridgehead atoms. The third kappa shape index (κ3) is 1.47. The van der Waals surface area contributed by atoms with Crippen molar-refractivity contribution in [1.82, 2.24) is 4.81 Å². The molecular weight excluding hydrogens is 185 g/mol. The summed E-state index contributed by atoms with van der Waals surface area (Å²) in [5.74, 6) is 1.21. The fourth-order valence-electron chi connectivity index (χ4n) is 3.86. The molecule has 0 N–H and O–H groups in total. The second-order valence-corrected chi connectivity index (χ2v) is 5.78. The van der Waals surface area contributed by atoms with Crippen LogP contribution in [0.1, 0.15) is 40.5 Å². The number of hydrogen-bond acceptors (Lipinski definition) is 2. The van der Waals surface area contributed by atoms with Gasteiger partial charge >= 0.3 is 7.05 Å². The van der Waals surface area contributed by atoms with Gasteiger partial charge < -0.3 is 9.47 Å². The first-order valence-corrected chi connectivity index (χ1v) is 6.43. The van der Waals surface area contributed by atoms with Crippen molar-refractivity contribution < 1.29 is 4.65 Å². The molecule has 2 nitrogen and oxygen atoms in total. The number of fused-ring (bicyclic) bond motifs is 1. The van der Waals surface area contributed by atoms with Crippen LogP contribution in [0.4, 0.5) is 0 Å². The number of rotatable bonds is 2. The van der Waals surface area contributed by atoms with Crippen LogP contribution in [0.3, 0.4) is 0 Å². The van der Waals surface area contributed by atoms with Crippen LogP contribution in [0.2, 0.25) is 6.82 Å². The lowest BCUT2D eigenvalue weighted by atomic mass is 9.74. The Balaban J connectivity index is 2.33. The molecule has 0 saturated carbocycles. The molecule has 0 aliphatic carbocycles. The largest absolute Gasteiger partial charge is 0.414 e. The van der Waals surface area contributed by atoms with Gasteiger partial charge in [0.05, 0.1) is 5.60 Å². The van der Waals surface area contributed by atoms with Crippen molar-refractivity contribution in [3.63, 3.8) is 0 Å². The zero-order chi connectivity index (χ0) is 11.2. The molecule has 2 saturated heterocycles. The van der Waals surface area contributed by atoms with Gasteiger partial charge in [0, 0.05) is 6.04 Å². The topological polar surface area (TPSA) is 12.5 Å². The fourth-order valence-corrected chi connectivity index (χ4v) is 3.86. The molecule has 0 aromatic heterocycles. The van der Waals surface area contributed by atoms with Crippen molar-refractivity contribution in [2.24, 2.45) is 11.8 Å². The van der Waals surface area contributed by atoms with E-state index in [1.165, 1.54) is 19.4 Å². The smallest absolute Gasteiger partial charge is 0.379 e. The van der Waals surface area contributed by atoms with Crippen LogP contribution in [0.15, 0.2) is 0 Å². The van der Waals surface area contributed by atoms with Gasteiger partial charge in [-0.15, -0.1) is 0 Å². The third-order valence-electron chi connectivity index (χ3n) is 4.46. The van der Waals surface area contributed by atoms with Gasteiger partial charge in [0.1, 0.15) is 0 Å². The van der Waals surface area contributed by atoms with E-state index in [0.717, 1.165) is 0 Å². The summed E-state index contributed by atoms with van der Waals surface area (Å²) in [6, 6.07) is 0.660. The van der Waals surface area contributed by atoms with Crippen molar-refractivity contribution in [2.75, 3.05) is 6.54 Å². The second-order valence-electron chi connectivity index (χ2n) is 5.78. The number of hydrogen-bond donors (Lipinski definition) is 0. The van der Waals surface area contributed by atoms with Gasteiger partial charge in [-0.25, -0.2) is 0 Å². The summed E-state index contributed by atoms with van der Waals surface area (Å²) >= 11 is 0. The maximum absolute atomic E-state index is 6.36. The molecule has 1 atom stereocenters. The molecule has 2 rings (SSSR count). The average Bonchev–Trinajstić information content (AvgIpc) is 2.68. The lowest BCUT2D eigenvalue weighted by Gasteiger charge is -2.42. The normalized spacial score (nSPS) is 30.6. The highest BCUT2D eigenvalue weighted by Crippen LogP contribution is 2.46. The Hall–Kier alpha value is -0.0151. The summed E-state index contributed by atoms with van der Waals surface area (Å²) in [5.41, 5.74) is 0.0932. The van der Waals surface area contributed by atoms with E-state index in [2.05, 4.69) is 39.3 Å². The Kier molecular flexibility index (Phi) is 2.89. The van der Waals surface area contributed by atoms with Crippen LogP contribution in [0.5, 0.6) is 0 Å². The molecule has 0 amide bonds. The zero-order valence-electron chi connectivity index (χ0n) is 10.8. The standard InChI is InChI=1S/C12H24BNO/c1-9(2)12(10(3)4)11-7-6-8-14(11)13(5)15-12/h9-11H,6-8H2,1-5H3/t11-/m0/s1. The predicted octanol–water partition coefficient (Wildman–Crippen LogP) is 2.65. The molecule has 0 radical (unpaired) electrons. The van der Waals surface area contributed by atoms with Gasteiger partial charge in [0.2, 0.25) is 0 Å². The SMILES string of the molecule is CB1OC(C(C)C)(C(C)C)[C@@H]2CCCN12. The van der Waals surface area contributed by atoms with Crippen molar-refractivity contribution in [3.05, 3.63) is 0 Å². The van der Waals surface area contributed by atoms with E-state index in [1.54, 1.807) is 0 Å². The maximum Gasteiger partial charge on any atom is 0.379 e. The summed E-state index contributed by atoms with van der Waals surface area (Å²) in [5, 5.41) is 0. The van der Waals surface area contributed by atoms with E-state index in [9.17, 15) is 0 Å². The summed E-state index contributed by atoms with van der Waals surface area (Å²) in [7, 11) is 0.322. The minimum atomic E-state index is 0.0932. The Morgan fingerprint density at radius 1 is 1.27 bits per heavy atom. The molecular formula is C12H24BNO. The van der Waals surface area contributed by atoms with E-state index < -0.39 is 0 Å². The lowest BCUT2D eigenvalue weighted by molar-refractivity contribution is -0.0282. The lowest BCUT2D eigenvalue weighted by Crippen LogP contribution is -2.50. The Morgan fingerprint density at radius 3 is 2.40 bits per heavy atom. The van der Waals surface area contributed by atoms with E-state index >= 15 is 0 Å². The van der Waals surface area contributed by atoms with Gasteiger partial charge in [-0.1, -0.05) is 27.7 Å². The van der Waals surface area contributed by atoms with Crippen LogP contribution in [0.25, 0.3) is 0 Å². The first-order chi connectivity index (χ1) is 7.00. The molecule has 2 aliphatic heterocycles. The van der Waals surface area contributed by atoms with E-state index in [1.807, 2.05) is 0 Å². The Bertz CT molecular complexity index is 234. The van der Waals surface area contributed by atoms with Crippen molar-refractivity contribution in [3.8, 4) is 0 Å². The molecule has 0 aromatic rings. The Labute approximate surface area is 94.5 Å². The molecule has 3 heteroatoms. The van der Waals surface area contributed by atoms with Gasteiger partial charge in [0.15, 0.2) is 0 Å². The minimum absolute atomic E-state index is 0.0932. The average molecular weight is 209 g/mol. The van der Waals surface area contributed by atoms with E-state index in [-0.39, 0.29) is 5.60 Å². The molecule has 2 heterocycles. The predicted molar refractivity (Wildman–Crippen MR) is 64.8 cm³/mol.